The number of rotatable bonds is 6. The fourth-order valence-corrected chi connectivity index (χ4v) is 2.09. The van der Waals surface area contributed by atoms with Crippen LogP contribution < -0.4 is 9.47 Å². The Morgan fingerprint density at radius 3 is 2.32 bits per heavy atom. The summed E-state index contributed by atoms with van der Waals surface area (Å²) in [5, 5.41) is 10.3. The van der Waals surface area contributed by atoms with E-state index in [-0.39, 0.29) is 0 Å². The molecule has 1 N–H and O–H groups in total. The minimum Gasteiger partial charge on any atom is -0.496 e. The van der Waals surface area contributed by atoms with Crippen molar-refractivity contribution >= 4 is 0 Å². The highest BCUT2D eigenvalue weighted by Crippen LogP contribution is 2.35. The lowest BCUT2D eigenvalue weighted by molar-refractivity contribution is 0.157. The summed E-state index contributed by atoms with van der Waals surface area (Å²) in [6.45, 7) is 0. The molecule has 1 unspecified atom stereocenters. The van der Waals surface area contributed by atoms with Crippen LogP contribution in [0, 0.1) is 0 Å². The third-order valence-corrected chi connectivity index (χ3v) is 3.04. The van der Waals surface area contributed by atoms with Gasteiger partial charge >= 0.3 is 0 Å². The zero-order chi connectivity index (χ0) is 13.7. The summed E-state index contributed by atoms with van der Waals surface area (Å²) in [7, 11) is 3.16. The van der Waals surface area contributed by atoms with E-state index >= 15 is 0 Å². The van der Waals surface area contributed by atoms with E-state index in [4.69, 9.17) is 13.9 Å². The highest BCUT2D eigenvalue weighted by Gasteiger charge is 2.18. The predicted molar refractivity (Wildman–Crippen MR) is 71.5 cm³/mol. The quantitative estimate of drug-likeness (QED) is 0.869. The molecule has 2 rings (SSSR count). The standard InChI is InChI=1S/C15H18O4/c1-17-13-6-3-7-14(18-2)15(13)12(16)9-8-11-5-4-10-19-11/h3-7,10,12,16H,8-9H2,1-2H3. The zero-order valence-electron chi connectivity index (χ0n) is 11.1. The maximum absolute atomic E-state index is 10.3. The number of methoxy groups -OCH3 is 2. The van der Waals surface area contributed by atoms with Gasteiger partial charge in [-0.2, -0.15) is 0 Å². The Morgan fingerprint density at radius 2 is 1.79 bits per heavy atom. The number of aliphatic hydroxyl groups is 1. The molecule has 0 aliphatic heterocycles. The molecule has 0 saturated heterocycles. The zero-order valence-corrected chi connectivity index (χ0v) is 11.1. The molecule has 19 heavy (non-hydrogen) atoms. The second kappa shape index (κ2) is 6.29. The molecule has 0 amide bonds. The van der Waals surface area contributed by atoms with Crippen LogP contribution in [0.4, 0.5) is 0 Å². The average Bonchev–Trinajstić information content (AvgIpc) is 2.97. The Hall–Kier alpha value is -1.94. The van der Waals surface area contributed by atoms with Crippen molar-refractivity contribution in [3.8, 4) is 11.5 Å². The fraction of sp³-hybridized carbons (Fsp3) is 0.333. The Morgan fingerprint density at radius 1 is 1.11 bits per heavy atom. The molecular formula is C15H18O4. The van der Waals surface area contributed by atoms with Crippen molar-refractivity contribution in [2.45, 2.75) is 18.9 Å². The van der Waals surface area contributed by atoms with Crippen molar-refractivity contribution in [2.24, 2.45) is 0 Å². The topological polar surface area (TPSA) is 51.8 Å². The second-order valence-corrected chi connectivity index (χ2v) is 4.21. The van der Waals surface area contributed by atoms with Gasteiger partial charge in [-0.1, -0.05) is 6.07 Å². The van der Waals surface area contributed by atoms with E-state index in [1.807, 2.05) is 30.3 Å². The van der Waals surface area contributed by atoms with Gasteiger partial charge in [-0.05, 0) is 30.7 Å². The summed E-state index contributed by atoms with van der Waals surface area (Å²) in [6.07, 6.45) is 2.18. The van der Waals surface area contributed by atoms with Crippen LogP contribution in [0.5, 0.6) is 11.5 Å². The molecule has 4 heteroatoms. The van der Waals surface area contributed by atoms with Crippen LogP contribution in [0.1, 0.15) is 23.8 Å². The van der Waals surface area contributed by atoms with E-state index < -0.39 is 6.10 Å². The molecule has 4 nitrogen and oxygen atoms in total. The lowest BCUT2D eigenvalue weighted by Gasteiger charge is -2.17. The van der Waals surface area contributed by atoms with Gasteiger partial charge in [0.05, 0.1) is 32.2 Å². The van der Waals surface area contributed by atoms with Gasteiger partial charge in [0, 0.05) is 6.42 Å². The van der Waals surface area contributed by atoms with Crippen LogP contribution in [0.25, 0.3) is 0 Å². The summed E-state index contributed by atoms with van der Waals surface area (Å²) in [4.78, 5) is 0. The van der Waals surface area contributed by atoms with Crippen molar-refractivity contribution in [3.63, 3.8) is 0 Å². The number of ether oxygens (including phenoxy) is 2. The fourth-order valence-electron chi connectivity index (χ4n) is 2.09. The normalized spacial score (nSPS) is 12.2. The van der Waals surface area contributed by atoms with Crippen LogP contribution in [-0.4, -0.2) is 19.3 Å². The first kappa shape index (κ1) is 13.5. The molecule has 0 spiro atoms. The summed E-state index contributed by atoms with van der Waals surface area (Å²) < 4.78 is 15.8. The molecule has 0 aliphatic rings. The maximum atomic E-state index is 10.3. The highest BCUT2D eigenvalue weighted by molar-refractivity contribution is 5.46. The largest absolute Gasteiger partial charge is 0.496 e. The van der Waals surface area contributed by atoms with E-state index in [9.17, 15) is 5.11 Å². The molecular weight excluding hydrogens is 244 g/mol. The SMILES string of the molecule is COc1cccc(OC)c1C(O)CCc1ccco1. The monoisotopic (exact) mass is 262 g/mol. The van der Waals surface area contributed by atoms with Gasteiger partial charge in [-0.25, -0.2) is 0 Å². The van der Waals surface area contributed by atoms with Crippen LogP contribution in [-0.2, 0) is 6.42 Å². The third kappa shape index (κ3) is 3.09. The predicted octanol–water partition coefficient (Wildman–Crippen LogP) is 2.96. The van der Waals surface area contributed by atoms with Gasteiger partial charge in [0.2, 0.25) is 0 Å². The van der Waals surface area contributed by atoms with E-state index in [1.165, 1.54) is 0 Å². The summed E-state index contributed by atoms with van der Waals surface area (Å²) in [5.74, 6) is 2.12. The van der Waals surface area contributed by atoms with Gasteiger partial charge in [0.25, 0.3) is 0 Å². The first-order valence-corrected chi connectivity index (χ1v) is 6.17. The molecule has 1 aromatic carbocycles. The van der Waals surface area contributed by atoms with Crippen LogP contribution in [0.3, 0.4) is 0 Å². The van der Waals surface area contributed by atoms with Gasteiger partial charge in [0.15, 0.2) is 0 Å². The minimum atomic E-state index is -0.656. The van der Waals surface area contributed by atoms with Gasteiger partial charge < -0.3 is 19.0 Å². The Balaban J connectivity index is 2.15. The number of aryl methyl sites for hydroxylation is 1. The number of aliphatic hydroxyl groups excluding tert-OH is 1. The molecule has 102 valence electrons. The molecule has 0 fully saturated rings. The summed E-state index contributed by atoms with van der Waals surface area (Å²) >= 11 is 0. The molecule has 0 saturated carbocycles. The molecule has 1 aromatic heterocycles. The Kier molecular flexibility index (Phi) is 4.47. The lowest BCUT2D eigenvalue weighted by Crippen LogP contribution is -2.04. The first-order chi connectivity index (χ1) is 9.26. The van der Waals surface area contributed by atoms with Gasteiger partial charge in [-0.3, -0.25) is 0 Å². The van der Waals surface area contributed by atoms with E-state index in [0.29, 0.717) is 29.9 Å². The van der Waals surface area contributed by atoms with Gasteiger partial charge in [-0.15, -0.1) is 0 Å². The molecule has 0 bridgehead atoms. The van der Waals surface area contributed by atoms with Gasteiger partial charge in [0.1, 0.15) is 17.3 Å². The Labute approximate surface area is 112 Å². The number of hydrogen-bond donors (Lipinski definition) is 1. The smallest absolute Gasteiger partial charge is 0.128 e. The average molecular weight is 262 g/mol. The van der Waals surface area contributed by atoms with Crippen molar-refractivity contribution in [1.82, 2.24) is 0 Å². The van der Waals surface area contributed by atoms with Crippen molar-refractivity contribution < 1.29 is 19.0 Å². The lowest BCUT2D eigenvalue weighted by atomic mass is 10.0. The van der Waals surface area contributed by atoms with E-state index in [1.54, 1.807) is 20.5 Å². The van der Waals surface area contributed by atoms with Crippen molar-refractivity contribution in [1.29, 1.82) is 0 Å². The Bertz CT molecular complexity index is 483. The molecule has 0 radical (unpaired) electrons. The van der Waals surface area contributed by atoms with Crippen LogP contribution >= 0.6 is 0 Å². The number of hydrogen-bond acceptors (Lipinski definition) is 4. The summed E-state index contributed by atoms with van der Waals surface area (Å²) in [5.41, 5.74) is 0.680. The van der Waals surface area contributed by atoms with Crippen molar-refractivity contribution in [2.75, 3.05) is 14.2 Å². The second-order valence-electron chi connectivity index (χ2n) is 4.21. The van der Waals surface area contributed by atoms with Crippen LogP contribution in [0.2, 0.25) is 0 Å². The van der Waals surface area contributed by atoms with E-state index in [2.05, 4.69) is 0 Å². The molecule has 1 atom stereocenters. The van der Waals surface area contributed by atoms with E-state index in [0.717, 1.165) is 5.76 Å². The first-order valence-electron chi connectivity index (χ1n) is 6.17. The third-order valence-electron chi connectivity index (χ3n) is 3.04. The maximum Gasteiger partial charge on any atom is 0.128 e. The molecule has 2 aromatic rings. The number of benzene rings is 1. The summed E-state index contributed by atoms with van der Waals surface area (Å²) in [6, 6.07) is 9.19. The number of furan rings is 1. The van der Waals surface area contributed by atoms with Crippen molar-refractivity contribution in [3.05, 3.63) is 47.9 Å². The minimum absolute atomic E-state index is 0.546. The molecule has 0 aliphatic carbocycles. The highest BCUT2D eigenvalue weighted by atomic mass is 16.5. The van der Waals surface area contributed by atoms with Crippen LogP contribution in [0.15, 0.2) is 41.0 Å². The molecule has 1 heterocycles.